The zero-order valence-electron chi connectivity index (χ0n) is 9.46. The molecule has 0 aliphatic carbocycles. The number of piperazine rings is 1. The molecule has 1 fully saturated rings. The van der Waals surface area contributed by atoms with Crippen molar-refractivity contribution in [1.82, 2.24) is 9.80 Å². The third kappa shape index (κ3) is 3.04. The number of rotatable bonds is 3. The van der Waals surface area contributed by atoms with Crippen molar-refractivity contribution in [3.05, 3.63) is 22.4 Å². The fourth-order valence-electron chi connectivity index (χ4n) is 1.89. The Hall–Kier alpha value is -1.40. The van der Waals surface area contributed by atoms with Crippen molar-refractivity contribution < 1.29 is 9.59 Å². The standard InChI is InChI=1S/C11H15N3O2S/c12-10(15)8-13-3-5-14(6-4-13)11(16)9-2-1-7-17-9/h1-2,7H,3-6,8H2,(H2,12,15). The first-order valence-electron chi connectivity index (χ1n) is 5.50. The highest BCUT2D eigenvalue weighted by Gasteiger charge is 2.22. The molecule has 0 saturated carbocycles. The van der Waals surface area contributed by atoms with Gasteiger partial charge in [0.2, 0.25) is 5.91 Å². The maximum absolute atomic E-state index is 12.0. The molecule has 0 radical (unpaired) electrons. The molecule has 1 saturated heterocycles. The highest BCUT2D eigenvalue weighted by Crippen LogP contribution is 2.13. The Labute approximate surface area is 104 Å². The molecule has 2 amide bonds. The van der Waals surface area contributed by atoms with E-state index in [1.807, 2.05) is 27.3 Å². The predicted octanol–water partition coefficient (Wildman–Crippen LogP) is -0.00880. The Morgan fingerprint density at radius 2 is 2.00 bits per heavy atom. The molecular weight excluding hydrogens is 238 g/mol. The van der Waals surface area contributed by atoms with Crippen LogP contribution in [0.1, 0.15) is 9.67 Å². The highest BCUT2D eigenvalue weighted by atomic mass is 32.1. The monoisotopic (exact) mass is 253 g/mol. The molecule has 1 aromatic heterocycles. The van der Waals surface area contributed by atoms with Gasteiger partial charge in [0.1, 0.15) is 0 Å². The molecule has 0 bridgehead atoms. The van der Waals surface area contributed by atoms with Crippen LogP contribution in [0, 0.1) is 0 Å². The minimum absolute atomic E-state index is 0.0822. The summed E-state index contributed by atoms with van der Waals surface area (Å²) in [5.74, 6) is -0.234. The summed E-state index contributed by atoms with van der Waals surface area (Å²) in [5, 5.41) is 1.90. The van der Waals surface area contributed by atoms with Crippen molar-refractivity contribution in [1.29, 1.82) is 0 Å². The van der Waals surface area contributed by atoms with Gasteiger partial charge in [-0.15, -0.1) is 11.3 Å². The van der Waals surface area contributed by atoms with Crippen LogP contribution in [0.2, 0.25) is 0 Å². The summed E-state index contributed by atoms with van der Waals surface area (Å²) >= 11 is 1.46. The van der Waals surface area contributed by atoms with Crippen LogP contribution >= 0.6 is 11.3 Å². The summed E-state index contributed by atoms with van der Waals surface area (Å²) < 4.78 is 0. The number of thiophene rings is 1. The van der Waals surface area contributed by atoms with E-state index in [0.29, 0.717) is 26.2 Å². The molecule has 0 spiro atoms. The average molecular weight is 253 g/mol. The van der Waals surface area contributed by atoms with Crippen molar-refractivity contribution in [3.63, 3.8) is 0 Å². The third-order valence-electron chi connectivity index (χ3n) is 2.77. The Morgan fingerprint density at radius 3 is 2.53 bits per heavy atom. The number of amides is 2. The van der Waals surface area contributed by atoms with Gasteiger partial charge in [-0.05, 0) is 11.4 Å². The summed E-state index contributed by atoms with van der Waals surface area (Å²) in [6.45, 7) is 3.01. The molecule has 1 aromatic rings. The maximum Gasteiger partial charge on any atom is 0.264 e. The smallest absolute Gasteiger partial charge is 0.264 e. The van der Waals surface area contributed by atoms with Crippen LogP contribution in [0.3, 0.4) is 0 Å². The van der Waals surface area contributed by atoms with Crippen molar-refractivity contribution >= 4 is 23.2 Å². The summed E-state index contributed by atoms with van der Waals surface area (Å²) in [7, 11) is 0. The molecule has 1 aliphatic heterocycles. The van der Waals surface area contributed by atoms with Crippen LogP contribution in [0.15, 0.2) is 17.5 Å². The Balaban J connectivity index is 1.87. The number of carbonyl (C=O) groups excluding carboxylic acids is 2. The second-order valence-electron chi connectivity index (χ2n) is 4.01. The lowest BCUT2D eigenvalue weighted by atomic mass is 10.3. The first-order valence-corrected chi connectivity index (χ1v) is 6.38. The second kappa shape index (κ2) is 5.29. The average Bonchev–Trinajstić information content (AvgIpc) is 2.82. The van der Waals surface area contributed by atoms with E-state index >= 15 is 0 Å². The molecule has 1 aliphatic rings. The Kier molecular flexibility index (Phi) is 3.75. The fraction of sp³-hybridized carbons (Fsp3) is 0.455. The number of nitrogens with two attached hydrogens (primary N) is 1. The fourth-order valence-corrected chi connectivity index (χ4v) is 2.58. The summed E-state index contributed by atoms with van der Waals surface area (Å²) in [5.41, 5.74) is 5.14. The lowest BCUT2D eigenvalue weighted by Crippen LogP contribution is -2.50. The highest BCUT2D eigenvalue weighted by molar-refractivity contribution is 7.12. The van der Waals surface area contributed by atoms with Gasteiger partial charge in [0.25, 0.3) is 5.91 Å². The SMILES string of the molecule is NC(=O)CN1CCN(C(=O)c2cccs2)CC1. The van der Waals surface area contributed by atoms with Crippen LogP contribution in [0.25, 0.3) is 0 Å². The molecule has 2 rings (SSSR count). The van der Waals surface area contributed by atoms with Crippen LogP contribution in [-0.4, -0.2) is 54.3 Å². The van der Waals surface area contributed by atoms with Gasteiger partial charge in [-0.1, -0.05) is 6.07 Å². The van der Waals surface area contributed by atoms with E-state index in [1.165, 1.54) is 11.3 Å². The summed E-state index contributed by atoms with van der Waals surface area (Å²) in [6.07, 6.45) is 0. The molecule has 0 atom stereocenters. The zero-order chi connectivity index (χ0) is 12.3. The summed E-state index contributed by atoms with van der Waals surface area (Å²) in [6, 6.07) is 3.71. The first kappa shape index (κ1) is 12.1. The van der Waals surface area contributed by atoms with Crippen LogP contribution in [0.4, 0.5) is 0 Å². The molecule has 2 N–H and O–H groups in total. The molecule has 2 heterocycles. The molecular formula is C11H15N3O2S. The van der Waals surface area contributed by atoms with Crippen molar-refractivity contribution in [2.45, 2.75) is 0 Å². The van der Waals surface area contributed by atoms with Gasteiger partial charge in [-0.3, -0.25) is 14.5 Å². The number of hydrogen-bond donors (Lipinski definition) is 1. The van der Waals surface area contributed by atoms with Crippen LogP contribution in [0.5, 0.6) is 0 Å². The van der Waals surface area contributed by atoms with Crippen molar-refractivity contribution in [3.8, 4) is 0 Å². The summed E-state index contributed by atoms with van der Waals surface area (Å²) in [4.78, 5) is 27.4. The normalized spacial score (nSPS) is 17.1. The van der Waals surface area contributed by atoms with E-state index in [0.717, 1.165) is 4.88 Å². The predicted molar refractivity (Wildman–Crippen MR) is 65.9 cm³/mol. The lowest BCUT2D eigenvalue weighted by Gasteiger charge is -2.33. The number of primary amides is 1. The van der Waals surface area contributed by atoms with Gasteiger partial charge < -0.3 is 10.6 Å². The van der Waals surface area contributed by atoms with Gasteiger partial charge in [0.15, 0.2) is 0 Å². The van der Waals surface area contributed by atoms with E-state index in [2.05, 4.69) is 0 Å². The molecule has 92 valence electrons. The molecule has 0 aromatic carbocycles. The van der Waals surface area contributed by atoms with E-state index in [1.54, 1.807) is 0 Å². The van der Waals surface area contributed by atoms with Gasteiger partial charge in [-0.2, -0.15) is 0 Å². The quantitative estimate of drug-likeness (QED) is 0.824. The Bertz CT molecular complexity index is 397. The van der Waals surface area contributed by atoms with E-state index in [-0.39, 0.29) is 18.4 Å². The minimum Gasteiger partial charge on any atom is -0.369 e. The van der Waals surface area contributed by atoms with Crippen LogP contribution < -0.4 is 5.73 Å². The lowest BCUT2D eigenvalue weighted by molar-refractivity contribution is -0.119. The van der Waals surface area contributed by atoms with E-state index in [4.69, 9.17) is 5.73 Å². The van der Waals surface area contributed by atoms with Crippen molar-refractivity contribution in [2.75, 3.05) is 32.7 Å². The second-order valence-corrected chi connectivity index (χ2v) is 4.96. The largest absolute Gasteiger partial charge is 0.369 e. The first-order chi connectivity index (χ1) is 8.16. The third-order valence-corrected chi connectivity index (χ3v) is 3.63. The molecule has 0 unspecified atom stereocenters. The minimum atomic E-state index is -0.317. The number of carbonyl (C=O) groups is 2. The number of nitrogens with zero attached hydrogens (tertiary/aromatic N) is 2. The van der Waals surface area contributed by atoms with Crippen molar-refractivity contribution in [2.24, 2.45) is 5.73 Å². The molecule has 5 nitrogen and oxygen atoms in total. The molecule has 17 heavy (non-hydrogen) atoms. The van der Waals surface area contributed by atoms with Gasteiger partial charge in [0, 0.05) is 26.2 Å². The van der Waals surface area contributed by atoms with E-state index < -0.39 is 0 Å². The van der Waals surface area contributed by atoms with Gasteiger partial charge in [-0.25, -0.2) is 0 Å². The number of hydrogen-bond acceptors (Lipinski definition) is 4. The Morgan fingerprint density at radius 1 is 1.29 bits per heavy atom. The van der Waals surface area contributed by atoms with Gasteiger partial charge in [0.05, 0.1) is 11.4 Å². The maximum atomic E-state index is 12.0. The molecule has 6 heteroatoms. The zero-order valence-corrected chi connectivity index (χ0v) is 10.3. The van der Waals surface area contributed by atoms with E-state index in [9.17, 15) is 9.59 Å². The van der Waals surface area contributed by atoms with Crippen LogP contribution in [-0.2, 0) is 4.79 Å². The van der Waals surface area contributed by atoms with Gasteiger partial charge >= 0.3 is 0 Å². The topological polar surface area (TPSA) is 66.6 Å².